The van der Waals surface area contributed by atoms with Crippen molar-refractivity contribution in [3.63, 3.8) is 0 Å². The average Bonchev–Trinajstić information content (AvgIpc) is 2.52. The summed E-state index contributed by atoms with van der Waals surface area (Å²) >= 11 is 0. The van der Waals surface area contributed by atoms with E-state index < -0.39 is 0 Å². The lowest BCUT2D eigenvalue weighted by Crippen LogP contribution is -2.34. The zero-order valence-electron chi connectivity index (χ0n) is 8.08. The predicted molar refractivity (Wildman–Crippen MR) is 48.5 cm³/mol. The van der Waals surface area contributed by atoms with Crippen molar-refractivity contribution in [2.75, 3.05) is 6.54 Å². The van der Waals surface area contributed by atoms with E-state index >= 15 is 0 Å². The lowest BCUT2D eigenvalue weighted by Gasteiger charge is -2.25. The van der Waals surface area contributed by atoms with Gasteiger partial charge >= 0.3 is 0 Å². The molecule has 0 radical (unpaired) electrons. The molecule has 0 amide bonds. The van der Waals surface area contributed by atoms with E-state index in [1.165, 1.54) is 0 Å². The van der Waals surface area contributed by atoms with Gasteiger partial charge < -0.3 is 9.73 Å². The van der Waals surface area contributed by atoms with Crippen molar-refractivity contribution in [3.8, 4) is 0 Å². The van der Waals surface area contributed by atoms with Crippen molar-refractivity contribution >= 4 is 0 Å². The van der Waals surface area contributed by atoms with Gasteiger partial charge in [-0.15, -0.1) is 10.2 Å². The Morgan fingerprint density at radius 3 is 2.92 bits per heavy atom. The molecule has 1 aliphatic heterocycles. The van der Waals surface area contributed by atoms with E-state index in [0.717, 1.165) is 25.3 Å². The monoisotopic (exact) mass is 181 g/mol. The molecule has 1 aromatic heterocycles. The van der Waals surface area contributed by atoms with E-state index in [4.69, 9.17) is 4.42 Å². The average molecular weight is 181 g/mol. The fraction of sp³-hybridized carbons (Fsp3) is 0.778. The van der Waals surface area contributed by atoms with Crippen LogP contribution in [0.2, 0.25) is 0 Å². The third kappa shape index (κ3) is 1.88. The first-order chi connectivity index (χ1) is 6.25. The molecule has 0 aromatic carbocycles. The van der Waals surface area contributed by atoms with Gasteiger partial charge in [0.15, 0.2) is 0 Å². The normalized spacial score (nSPS) is 29.1. The van der Waals surface area contributed by atoms with Crippen LogP contribution in [0.4, 0.5) is 0 Å². The molecular weight excluding hydrogens is 166 g/mol. The standard InChI is InChI=1S/C9H15N3O/c1-6-5-8(3-4-10-6)9-12-11-7(2)13-9/h6,8,10H,3-5H2,1-2H3. The number of piperidine rings is 1. The first-order valence-electron chi connectivity index (χ1n) is 4.79. The number of nitrogens with zero attached hydrogens (tertiary/aromatic N) is 2. The fourth-order valence-electron chi connectivity index (χ4n) is 1.83. The minimum Gasteiger partial charge on any atom is -0.425 e. The Kier molecular flexibility index (Phi) is 2.31. The molecule has 0 spiro atoms. The predicted octanol–water partition coefficient (Wildman–Crippen LogP) is 1.23. The van der Waals surface area contributed by atoms with Crippen LogP contribution in [0.3, 0.4) is 0 Å². The number of hydrogen-bond acceptors (Lipinski definition) is 4. The van der Waals surface area contributed by atoms with Crippen molar-refractivity contribution in [3.05, 3.63) is 11.8 Å². The smallest absolute Gasteiger partial charge is 0.219 e. The molecule has 1 aliphatic rings. The number of aromatic nitrogens is 2. The molecule has 2 atom stereocenters. The van der Waals surface area contributed by atoms with Crippen LogP contribution >= 0.6 is 0 Å². The summed E-state index contributed by atoms with van der Waals surface area (Å²) < 4.78 is 5.42. The molecule has 1 N–H and O–H groups in total. The van der Waals surface area contributed by atoms with Crippen LogP contribution in [0.15, 0.2) is 4.42 Å². The van der Waals surface area contributed by atoms with Crippen LogP contribution in [0, 0.1) is 6.92 Å². The van der Waals surface area contributed by atoms with Gasteiger partial charge in [0, 0.05) is 18.9 Å². The number of hydrogen-bond donors (Lipinski definition) is 1. The number of nitrogens with one attached hydrogen (secondary N) is 1. The third-order valence-corrected chi connectivity index (χ3v) is 2.51. The summed E-state index contributed by atoms with van der Waals surface area (Å²) in [5.74, 6) is 1.93. The Morgan fingerprint density at radius 2 is 2.31 bits per heavy atom. The molecule has 4 nitrogen and oxygen atoms in total. The zero-order valence-corrected chi connectivity index (χ0v) is 8.08. The first kappa shape index (κ1) is 8.69. The van der Waals surface area contributed by atoms with Gasteiger partial charge in [-0.05, 0) is 26.3 Å². The minimum atomic E-state index is 0.456. The minimum absolute atomic E-state index is 0.456. The second kappa shape index (κ2) is 3.46. The molecule has 2 unspecified atom stereocenters. The molecule has 72 valence electrons. The second-order valence-electron chi connectivity index (χ2n) is 3.74. The van der Waals surface area contributed by atoms with E-state index in [1.807, 2.05) is 6.92 Å². The molecule has 1 fully saturated rings. The largest absolute Gasteiger partial charge is 0.425 e. The SMILES string of the molecule is Cc1nnc(C2CCNC(C)C2)o1. The molecule has 4 heteroatoms. The number of rotatable bonds is 1. The summed E-state index contributed by atoms with van der Waals surface area (Å²) in [6.07, 6.45) is 2.20. The van der Waals surface area contributed by atoms with Crippen molar-refractivity contribution in [1.29, 1.82) is 0 Å². The molecular formula is C9H15N3O. The van der Waals surface area contributed by atoms with E-state index in [0.29, 0.717) is 17.9 Å². The lowest BCUT2D eigenvalue weighted by molar-refractivity contribution is 0.325. The van der Waals surface area contributed by atoms with Crippen molar-refractivity contribution in [2.45, 2.75) is 38.6 Å². The highest BCUT2D eigenvalue weighted by molar-refractivity contribution is 4.95. The number of aryl methyl sites for hydroxylation is 1. The zero-order chi connectivity index (χ0) is 9.26. The maximum Gasteiger partial charge on any atom is 0.219 e. The van der Waals surface area contributed by atoms with Gasteiger partial charge in [0.1, 0.15) is 0 Å². The highest BCUT2D eigenvalue weighted by atomic mass is 16.4. The third-order valence-electron chi connectivity index (χ3n) is 2.51. The van der Waals surface area contributed by atoms with Gasteiger partial charge in [0.2, 0.25) is 11.8 Å². The van der Waals surface area contributed by atoms with Crippen LogP contribution in [-0.2, 0) is 0 Å². The maximum absolute atomic E-state index is 5.42. The van der Waals surface area contributed by atoms with E-state index in [-0.39, 0.29) is 0 Å². The van der Waals surface area contributed by atoms with Gasteiger partial charge in [0.25, 0.3) is 0 Å². The molecule has 1 saturated heterocycles. The molecule has 0 aliphatic carbocycles. The molecule has 2 rings (SSSR count). The summed E-state index contributed by atoms with van der Waals surface area (Å²) in [6, 6.07) is 0.561. The fourth-order valence-corrected chi connectivity index (χ4v) is 1.83. The van der Waals surface area contributed by atoms with Crippen molar-refractivity contribution in [1.82, 2.24) is 15.5 Å². The molecule has 0 bridgehead atoms. The van der Waals surface area contributed by atoms with Crippen molar-refractivity contribution in [2.24, 2.45) is 0 Å². The van der Waals surface area contributed by atoms with Gasteiger partial charge in [-0.2, -0.15) is 0 Å². The van der Waals surface area contributed by atoms with E-state index in [9.17, 15) is 0 Å². The summed E-state index contributed by atoms with van der Waals surface area (Å²) in [6.45, 7) is 5.07. The van der Waals surface area contributed by atoms with E-state index in [2.05, 4.69) is 22.4 Å². The van der Waals surface area contributed by atoms with Crippen LogP contribution in [0.1, 0.15) is 37.5 Å². The second-order valence-corrected chi connectivity index (χ2v) is 3.74. The summed E-state index contributed by atoms with van der Waals surface area (Å²) in [7, 11) is 0. The molecule has 13 heavy (non-hydrogen) atoms. The quantitative estimate of drug-likeness (QED) is 0.708. The highest BCUT2D eigenvalue weighted by Gasteiger charge is 2.23. The highest BCUT2D eigenvalue weighted by Crippen LogP contribution is 2.26. The molecule has 1 aromatic rings. The van der Waals surface area contributed by atoms with E-state index in [1.54, 1.807) is 0 Å². The first-order valence-corrected chi connectivity index (χ1v) is 4.79. The topological polar surface area (TPSA) is 51.0 Å². The van der Waals surface area contributed by atoms with Crippen molar-refractivity contribution < 1.29 is 4.42 Å². The molecule has 2 heterocycles. The summed E-state index contributed by atoms with van der Waals surface area (Å²) in [5, 5.41) is 11.3. The van der Waals surface area contributed by atoms with Crippen LogP contribution in [0.25, 0.3) is 0 Å². The summed E-state index contributed by atoms with van der Waals surface area (Å²) in [5.41, 5.74) is 0. The molecule has 0 saturated carbocycles. The Hall–Kier alpha value is -0.900. The maximum atomic E-state index is 5.42. The van der Waals surface area contributed by atoms with Gasteiger partial charge in [-0.25, -0.2) is 0 Å². The Morgan fingerprint density at radius 1 is 1.46 bits per heavy atom. The van der Waals surface area contributed by atoms with Gasteiger partial charge in [-0.1, -0.05) is 0 Å². The van der Waals surface area contributed by atoms with Crippen LogP contribution in [-0.4, -0.2) is 22.8 Å². The lowest BCUT2D eigenvalue weighted by atomic mass is 9.93. The summed E-state index contributed by atoms with van der Waals surface area (Å²) in [4.78, 5) is 0. The van der Waals surface area contributed by atoms with Gasteiger partial charge in [0.05, 0.1) is 0 Å². The Labute approximate surface area is 77.7 Å². The van der Waals surface area contributed by atoms with Crippen LogP contribution in [0.5, 0.6) is 0 Å². The van der Waals surface area contributed by atoms with Crippen LogP contribution < -0.4 is 5.32 Å². The Balaban J connectivity index is 2.08. The Bertz CT molecular complexity index is 284. The van der Waals surface area contributed by atoms with Gasteiger partial charge in [-0.3, -0.25) is 0 Å².